The van der Waals surface area contributed by atoms with E-state index in [4.69, 9.17) is 4.74 Å². The van der Waals surface area contributed by atoms with E-state index < -0.39 is 0 Å². The van der Waals surface area contributed by atoms with Gasteiger partial charge in [0.2, 0.25) is 0 Å². The van der Waals surface area contributed by atoms with Gasteiger partial charge in [0.05, 0.1) is 6.10 Å². The zero-order valence-corrected chi connectivity index (χ0v) is 13.7. The Kier molecular flexibility index (Phi) is 5.28. The summed E-state index contributed by atoms with van der Waals surface area (Å²) < 4.78 is 18.7. The molecule has 0 radical (unpaired) electrons. The summed E-state index contributed by atoms with van der Waals surface area (Å²) in [7, 11) is 1.79. The SMILES string of the molecule is COC1CCN(C2CCN(C(=O)c3cccc(F)c3)CC2)CC1. The van der Waals surface area contributed by atoms with E-state index >= 15 is 0 Å². The molecule has 126 valence electrons. The lowest BCUT2D eigenvalue weighted by molar-refractivity contribution is 0.0145. The minimum atomic E-state index is -0.355. The second-order valence-electron chi connectivity index (χ2n) is 6.50. The first-order valence-electron chi connectivity index (χ1n) is 8.49. The number of piperidine rings is 2. The molecule has 0 atom stereocenters. The van der Waals surface area contributed by atoms with Gasteiger partial charge in [0.25, 0.3) is 5.91 Å². The fourth-order valence-electron chi connectivity index (χ4n) is 3.71. The molecular weight excluding hydrogens is 295 g/mol. The van der Waals surface area contributed by atoms with Crippen molar-refractivity contribution in [3.8, 4) is 0 Å². The zero-order chi connectivity index (χ0) is 16.2. The van der Waals surface area contributed by atoms with E-state index in [0.29, 0.717) is 17.7 Å². The Morgan fingerprint density at radius 3 is 2.43 bits per heavy atom. The molecule has 4 nitrogen and oxygen atoms in total. The van der Waals surface area contributed by atoms with Crippen LogP contribution in [0.5, 0.6) is 0 Å². The smallest absolute Gasteiger partial charge is 0.253 e. The maximum atomic E-state index is 13.3. The van der Waals surface area contributed by atoms with Crippen LogP contribution in [0.3, 0.4) is 0 Å². The lowest BCUT2D eigenvalue weighted by Gasteiger charge is -2.41. The largest absolute Gasteiger partial charge is 0.381 e. The molecule has 2 aliphatic heterocycles. The van der Waals surface area contributed by atoms with Crippen LogP contribution in [0.1, 0.15) is 36.0 Å². The second kappa shape index (κ2) is 7.41. The van der Waals surface area contributed by atoms with E-state index in [2.05, 4.69) is 4.90 Å². The highest BCUT2D eigenvalue weighted by Crippen LogP contribution is 2.23. The molecule has 5 heteroatoms. The van der Waals surface area contributed by atoms with Crippen molar-refractivity contribution >= 4 is 5.91 Å². The number of hydrogen-bond donors (Lipinski definition) is 0. The minimum Gasteiger partial charge on any atom is -0.381 e. The lowest BCUT2D eigenvalue weighted by atomic mass is 9.98. The van der Waals surface area contributed by atoms with Crippen molar-refractivity contribution in [3.05, 3.63) is 35.6 Å². The highest BCUT2D eigenvalue weighted by molar-refractivity contribution is 5.94. The van der Waals surface area contributed by atoms with Crippen LogP contribution in [0, 0.1) is 5.82 Å². The van der Waals surface area contributed by atoms with E-state index in [-0.39, 0.29) is 11.7 Å². The minimum absolute atomic E-state index is 0.0546. The molecule has 0 aromatic heterocycles. The molecule has 1 aromatic carbocycles. The van der Waals surface area contributed by atoms with E-state index in [9.17, 15) is 9.18 Å². The van der Waals surface area contributed by atoms with Gasteiger partial charge in [0, 0.05) is 44.9 Å². The number of nitrogens with zero attached hydrogens (tertiary/aromatic N) is 2. The predicted octanol–water partition coefficient (Wildman–Crippen LogP) is 2.54. The van der Waals surface area contributed by atoms with Gasteiger partial charge < -0.3 is 14.5 Å². The fraction of sp³-hybridized carbons (Fsp3) is 0.611. The fourth-order valence-corrected chi connectivity index (χ4v) is 3.71. The normalized spacial score (nSPS) is 21.6. The first kappa shape index (κ1) is 16.4. The van der Waals surface area contributed by atoms with E-state index in [0.717, 1.165) is 51.9 Å². The summed E-state index contributed by atoms with van der Waals surface area (Å²) in [4.78, 5) is 16.8. The van der Waals surface area contributed by atoms with E-state index in [1.807, 2.05) is 4.90 Å². The number of benzene rings is 1. The second-order valence-corrected chi connectivity index (χ2v) is 6.50. The average Bonchev–Trinajstić information content (AvgIpc) is 2.61. The number of methoxy groups -OCH3 is 1. The van der Waals surface area contributed by atoms with E-state index in [1.165, 1.54) is 12.1 Å². The summed E-state index contributed by atoms with van der Waals surface area (Å²) in [6.07, 6.45) is 4.59. The van der Waals surface area contributed by atoms with Gasteiger partial charge in [-0.1, -0.05) is 6.07 Å². The summed E-state index contributed by atoms with van der Waals surface area (Å²) >= 11 is 0. The van der Waals surface area contributed by atoms with Gasteiger partial charge in [-0.15, -0.1) is 0 Å². The number of amides is 1. The Hall–Kier alpha value is -1.46. The summed E-state index contributed by atoms with van der Waals surface area (Å²) in [5.74, 6) is -0.409. The van der Waals surface area contributed by atoms with Crippen LogP contribution in [-0.4, -0.2) is 61.1 Å². The van der Waals surface area contributed by atoms with Crippen molar-refractivity contribution in [2.24, 2.45) is 0 Å². The Morgan fingerprint density at radius 1 is 1.13 bits per heavy atom. The number of rotatable bonds is 3. The molecule has 2 fully saturated rings. The lowest BCUT2D eigenvalue weighted by Crippen LogP contribution is -2.49. The van der Waals surface area contributed by atoms with Gasteiger partial charge in [-0.3, -0.25) is 4.79 Å². The van der Waals surface area contributed by atoms with Crippen LogP contribution in [-0.2, 0) is 4.74 Å². The van der Waals surface area contributed by atoms with Crippen molar-refractivity contribution in [2.45, 2.75) is 37.8 Å². The van der Waals surface area contributed by atoms with Gasteiger partial charge in [-0.25, -0.2) is 4.39 Å². The van der Waals surface area contributed by atoms with Crippen molar-refractivity contribution < 1.29 is 13.9 Å². The van der Waals surface area contributed by atoms with Gasteiger partial charge in [0.1, 0.15) is 5.82 Å². The Morgan fingerprint density at radius 2 is 1.83 bits per heavy atom. The van der Waals surface area contributed by atoms with E-state index in [1.54, 1.807) is 19.2 Å². The highest BCUT2D eigenvalue weighted by atomic mass is 19.1. The van der Waals surface area contributed by atoms with Gasteiger partial charge >= 0.3 is 0 Å². The Labute approximate surface area is 137 Å². The quantitative estimate of drug-likeness (QED) is 0.858. The van der Waals surface area contributed by atoms with Crippen molar-refractivity contribution in [2.75, 3.05) is 33.3 Å². The Balaban J connectivity index is 1.51. The summed E-state index contributed by atoms with van der Waals surface area (Å²) in [5.41, 5.74) is 0.448. The molecule has 1 aromatic rings. The molecule has 0 spiro atoms. The molecule has 1 amide bonds. The summed E-state index contributed by atoms with van der Waals surface area (Å²) in [6.45, 7) is 3.68. The number of carbonyl (C=O) groups is 1. The molecule has 2 heterocycles. The summed E-state index contributed by atoms with van der Waals surface area (Å²) in [5, 5.41) is 0. The average molecular weight is 320 g/mol. The molecule has 0 bridgehead atoms. The van der Waals surface area contributed by atoms with Gasteiger partial charge in [-0.2, -0.15) is 0 Å². The molecule has 2 saturated heterocycles. The first-order chi connectivity index (χ1) is 11.2. The molecule has 23 heavy (non-hydrogen) atoms. The number of hydrogen-bond acceptors (Lipinski definition) is 3. The van der Waals surface area contributed by atoms with Crippen molar-refractivity contribution in [1.82, 2.24) is 9.80 Å². The van der Waals surface area contributed by atoms with Crippen LogP contribution in [0.15, 0.2) is 24.3 Å². The van der Waals surface area contributed by atoms with Crippen LogP contribution in [0.2, 0.25) is 0 Å². The predicted molar refractivity (Wildman–Crippen MR) is 86.9 cm³/mol. The molecular formula is C18H25FN2O2. The molecule has 0 N–H and O–H groups in total. The molecule has 0 aliphatic carbocycles. The Bertz CT molecular complexity index is 536. The van der Waals surface area contributed by atoms with Crippen LogP contribution >= 0.6 is 0 Å². The van der Waals surface area contributed by atoms with Gasteiger partial charge in [-0.05, 0) is 43.9 Å². The number of carbonyl (C=O) groups excluding carboxylic acids is 1. The maximum Gasteiger partial charge on any atom is 0.253 e. The maximum absolute atomic E-state index is 13.3. The molecule has 0 saturated carbocycles. The summed E-state index contributed by atoms with van der Waals surface area (Å²) in [6, 6.07) is 6.53. The van der Waals surface area contributed by atoms with Crippen molar-refractivity contribution in [1.29, 1.82) is 0 Å². The van der Waals surface area contributed by atoms with Crippen LogP contribution < -0.4 is 0 Å². The number of halogens is 1. The van der Waals surface area contributed by atoms with Crippen LogP contribution in [0.25, 0.3) is 0 Å². The monoisotopic (exact) mass is 320 g/mol. The molecule has 3 rings (SSSR count). The number of likely N-dealkylation sites (tertiary alicyclic amines) is 2. The zero-order valence-electron chi connectivity index (χ0n) is 13.7. The first-order valence-corrected chi connectivity index (χ1v) is 8.49. The third kappa shape index (κ3) is 3.90. The standard InChI is InChI=1S/C18H25FN2O2/c1-23-17-7-11-20(12-8-17)16-5-9-21(10-6-16)18(22)14-3-2-4-15(19)13-14/h2-4,13,16-17H,5-12H2,1H3. The molecule has 2 aliphatic rings. The topological polar surface area (TPSA) is 32.8 Å². The highest BCUT2D eigenvalue weighted by Gasteiger charge is 2.29. The van der Waals surface area contributed by atoms with Gasteiger partial charge in [0.15, 0.2) is 0 Å². The number of ether oxygens (including phenoxy) is 1. The third-order valence-corrected chi connectivity index (χ3v) is 5.15. The van der Waals surface area contributed by atoms with Crippen molar-refractivity contribution in [3.63, 3.8) is 0 Å². The molecule has 0 unspecified atom stereocenters. The third-order valence-electron chi connectivity index (χ3n) is 5.15. The van der Waals surface area contributed by atoms with Crippen LogP contribution in [0.4, 0.5) is 4.39 Å².